The predicted octanol–water partition coefficient (Wildman–Crippen LogP) is 4.02. The predicted molar refractivity (Wildman–Crippen MR) is 139 cm³/mol. The first-order valence-electron chi connectivity index (χ1n) is 12.9. The average Bonchev–Trinajstić information content (AvgIpc) is 2.93. The summed E-state index contributed by atoms with van der Waals surface area (Å²) in [6.45, 7) is 3.27. The zero-order chi connectivity index (χ0) is 26.4. The van der Waals surface area contributed by atoms with Crippen LogP contribution in [0.25, 0.3) is 10.9 Å². The minimum Gasteiger partial charge on any atom is -0.463 e. The summed E-state index contributed by atoms with van der Waals surface area (Å²) in [7, 11) is 1.51. The van der Waals surface area contributed by atoms with E-state index in [2.05, 4.69) is 0 Å². The second kappa shape index (κ2) is 12.6. The molecule has 2 amide bonds. The largest absolute Gasteiger partial charge is 0.463 e. The molecule has 2 aromatic rings. The summed E-state index contributed by atoms with van der Waals surface area (Å²) in [6, 6.07) is 4.91. The number of hydrogen-bond donors (Lipinski definition) is 0. The number of piperazine rings is 1. The highest BCUT2D eigenvalue weighted by atomic mass is 35.5. The van der Waals surface area contributed by atoms with Crippen LogP contribution < -0.4 is 0 Å². The number of fused-ring (bicyclic) bond motifs is 2. The molecule has 1 aliphatic heterocycles. The summed E-state index contributed by atoms with van der Waals surface area (Å²) in [6.07, 6.45) is 4.36. The number of carbonyl (C=O) groups excluding carboxylic acids is 3. The van der Waals surface area contributed by atoms with E-state index in [1.165, 1.54) is 12.0 Å². The van der Waals surface area contributed by atoms with Gasteiger partial charge >= 0.3 is 12.1 Å². The first-order valence-corrected chi connectivity index (χ1v) is 13.3. The number of aryl methyl sites for hydroxylation is 1. The number of amides is 2. The Hall–Kier alpha value is -2.91. The molecule has 4 rings (SSSR count). The highest BCUT2D eigenvalue weighted by molar-refractivity contribution is 6.36. The van der Waals surface area contributed by atoms with Crippen molar-refractivity contribution < 1.29 is 28.6 Å². The summed E-state index contributed by atoms with van der Waals surface area (Å²) >= 11 is 6.70. The van der Waals surface area contributed by atoms with E-state index in [0.717, 1.165) is 47.3 Å². The third-order valence-electron chi connectivity index (χ3n) is 6.82. The third kappa shape index (κ3) is 6.33. The molecule has 0 radical (unpaired) electrons. The lowest BCUT2D eigenvalue weighted by Gasteiger charge is -2.40. The molecule has 2 aliphatic rings. The van der Waals surface area contributed by atoms with Gasteiger partial charge in [-0.25, -0.2) is 4.79 Å². The van der Waals surface area contributed by atoms with Gasteiger partial charge in [-0.1, -0.05) is 24.6 Å². The molecule has 1 unspecified atom stereocenters. The number of aromatic nitrogens is 1. The Morgan fingerprint density at radius 3 is 2.70 bits per heavy atom. The number of rotatable bonds is 8. The van der Waals surface area contributed by atoms with Crippen molar-refractivity contribution in [3.8, 4) is 0 Å². The highest BCUT2D eigenvalue weighted by Gasteiger charge is 2.35. The minimum atomic E-state index is -0.520. The molecule has 1 aliphatic carbocycles. The van der Waals surface area contributed by atoms with Crippen LogP contribution in [-0.4, -0.2) is 85.4 Å². The Morgan fingerprint density at radius 2 is 1.92 bits per heavy atom. The maximum Gasteiger partial charge on any atom is 0.410 e. The lowest BCUT2D eigenvalue weighted by Crippen LogP contribution is -2.58. The van der Waals surface area contributed by atoms with Crippen LogP contribution >= 0.6 is 11.6 Å². The Labute approximate surface area is 222 Å². The molecule has 10 heteroatoms. The van der Waals surface area contributed by atoms with E-state index in [1.54, 1.807) is 17.0 Å². The lowest BCUT2D eigenvalue weighted by atomic mass is 9.94. The topological polar surface area (TPSA) is 98.3 Å². The van der Waals surface area contributed by atoms with Crippen molar-refractivity contribution in [1.29, 1.82) is 0 Å². The van der Waals surface area contributed by atoms with Gasteiger partial charge in [0, 0.05) is 43.4 Å². The smallest absolute Gasteiger partial charge is 0.410 e. The second-order valence-corrected chi connectivity index (χ2v) is 9.81. The Bertz CT molecular complexity index is 1160. The number of nitrogens with zero attached hydrogens (tertiary/aromatic N) is 3. The number of carbonyl (C=O) groups is 3. The van der Waals surface area contributed by atoms with Gasteiger partial charge in [0.2, 0.25) is 0 Å². The zero-order valence-corrected chi connectivity index (χ0v) is 22.2. The molecule has 0 N–H and O–H groups in total. The molecule has 37 heavy (non-hydrogen) atoms. The van der Waals surface area contributed by atoms with Crippen LogP contribution in [0.5, 0.6) is 0 Å². The van der Waals surface area contributed by atoms with E-state index in [4.69, 9.17) is 30.8 Å². The number of halogens is 1. The lowest BCUT2D eigenvalue weighted by molar-refractivity contribution is -0.146. The van der Waals surface area contributed by atoms with E-state index < -0.39 is 18.1 Å². The van der Waals surface area contributed by atoms with E-state index in [-0.39, 0.29) is 38.6 Å². The first-order chi connectivity index (χ1) is 17.9. The van der Waals surface area contributed by atoms with Crippen molar-refractivity contribution >= 4 is 40.5 Å². The van der Waals surface area contributed by atoms with Gasteiger partial charge in [-0.05, 0) is 49.8 Å². The molecule has 0 bridgehead atoms. The molecule has 0 saturated carbocycles. The van der Waals surface area contributed by atoms with Crippen molar-refractivity contribution in [2.24, 2.45) is 0 Å². The summed E-state index contributed by atoms with van der Waals surface area (Å²) in [5.74, 6) is -0.595. The molecule has 1 aromatic heterocycles. The monoisotopic (exact) mass is 531 g/mol. The van der Waals surface area contributed by atoms with Gasteiger partial charge in [-0.15, -0.1) is 0 Å². The molecule has 9 nitrogen and oxygen atoms in total. The molecule has 2 heterocycles. The van der Waals surface area contributed by atoms with Crippen LogP contribution in [0.2, 0.25) is 5.02 Å². The van der Waals surface area contributed by atoms with Gasteiger partial charge in [0.05, 0.1) is 36.2 Å². The fourth-order valence-corrected chi connectivity index (χ4v) is 5.19. The van der Waals surface area contributed by atoms with Gasteiger partial charge in [0.15, 0.2) is 0 Å². The molecule has 1 saturated heterocycles. The Balaban J connectivity index is 1.51. The number of esters is 1. The van der Waals surface area contributed by atoms with Gasteiger partial charge in [-0.2, -0.15) is 0 Å². The average molecular weight is 532 g/mol. The van der Waals surface area contributed by atoms with Crippen molar-refractivity contribution in [2.75, 3.05) is 46.6 Å². The molecular formula is C27H34ClN3O6. The summed E-state index contributed by atoms with van der Waals surface area (Å²) < 4.78 is 15.6. The van der Waals surface area contributed by atoms with Gasteiger partial charge in [0.25, 0.3) is 5.91 Å². The zero-order valence-electron chi connectivity index (χ0n) is 21.5. The van der Waals surface area contributed by atoms with E-state index in [9.17, 15) is 14.4 Å². The highest BCUT2D eigenvalue weighted by Crippen LogP contribution is 2.33. The Kier molecular flexibility index (Phi) is 9.21. The number of ether oxygens (including phenoxy) is 3. The van der Waals surface area contributed by atoms with Crippen LogP contribution in [0.15, 0.2) is 18.2 Å². The normalized spacial score (nSPS) is 17.4. The Morgan fingerprint density at radius 1 is 1.11 bits per heavy atom. The van der Waals surface area contributed by atoms with Crippen molar-refractivity contribution in [3.05, 3.63) is 40.0 Å². The molecule has 1 atom stereocenters. The molecule has 200 valence electrons. The maximum absolute atomic E-state index is 13.5. The van der Waals surface area contributed by atoms with E-state index >= 15 is 0 Å². The summed E-state index contributed by atoms with van der Waals surface area (Å²) in [5, 5.41) is 1.58. The van der Waals surface area contributed by atoms with E-state index in [0.29, 0.717) is 30.7 Å². The van der Waals surface area contributed by atoms with Crippen LogP contribution in [0.3, 0.4) is 0 Å². The minimum absolute atomic E-state index is 0.0332. The quantitative estimate of drug-likeness (QED) is 0.474. The summed E-state index contributed by atoms with van der Waals surface area (Å²) in [4.78, 5) is 46.2. The van der Waals surface area contributed by atoms with Crippen LogP contribution in [-0.2, 0) is 31.8 Å². The fraction of sp³-hybridized carbons (Fsp3) is 0.556. The number of methoxy groups -OCH3 is 1. The molecule has 1 aromatic carbocycles. The van der Waals surface area contributed by atoms with Crippen LogP contribution in [0.4, 0.5) is 4.79 Å². The van der Waals surface area contributed by atoms with Crippen molar-refractivity contribution in [1.82, 2.24) is 14.8 Å². The van der Waals surface area contributed by atoms with Crippen molar-refractivity contribution in [3.63, 3.8) is 0 Å². The van der Waals surface area contributed by atoms with E-state index in [1.807, 2.05) is 13.0 Å². The van der Waals surface area contributed by atoms with Gasteiger partial charge in [-0.3, -0.25) is 19.5 Å². The van der Waals surface area contributed by atoms with Crippen LogP contribution in [0.1, 0.15) is 54.2 Å². The SMILES string of the molecule is CCCOC(=O)N1CCN(C(=O)c2ccc3c(Cl)c4c(nc3c2)CCCC4)CC1COC(=O)CCOC. The van der Waals surface area contributed by atoms with Crippen molar-refractivity contribution in [2.45, 2.75) is 51.5 Å². The first kappa shape index (κ1) is 27.1. The standard InChI is InChI=1S/C27H34ClN3O6/c1-3-13-36-27(34)31-12-11-30(16-19(31)17-37-24(32)10-14-35-2)26(33)18-8-9-21-23(15-18)29-22-7-5-4-6-20(22)25(21)28/h8-9,15,19H,3-7,10-14,16-17H2,1-2H3. The number of benzene rings is 1. The summed E-state index contributed by atoms with van der Waals surface area (Å²) in [5.41, 5.74) is 3.35. The third-order valence-corrected chi connectivity index (χ3v) is 7.25. The van der Waals surface area contributed by atoms with Crippen LogP contribution in [0, 0.1) is 0 Å². The molecule has 0 spiro atoms. The number of pyridine rings is 1. The number of hydrogen-bond acceptors (Lipinski definition) is 7. The van der Waals surface area contributed by atoms with Gasteiger partial charge in [0.1, 0.15) is 6.61 Å². The fourth-order valence-electron chi connectivity index (χ4n) is 4.82. The van der Waals surface area contributed by atoms with Gasteiger partial charge < -0.3 is 19.1 Å². The maximum atomic E-state index is 13.5. The molecule has 1 fully saturated rings. The second-order valence-electron chi connectivity index (χ2n) is 9.43. The molecular weight excluding hydrogens is 498 g/mol.